The smallest absolute Gasteiger partial charge is 0.251 e. The summed E-state index contributed by atoms with van der Waals surface area (Å²) in [4.78, 5) is 12.1. The SMILES string of the molecule is O=C(NCCc1ccco1)c1ccc(Oc2ccc(F)cc2)cc1. The fraction of sp³-hybridized carbons (Fsp3) is 0.105. The zero-order chi connectivity index (χ0) is 16.8. The molecule has 1 aromatic heterocycles. The Morgan fingerprint density at radius 3 is 2.29 bits per heavy atom. The molecule has 0 unspecified atom stereocenters. The molecule has 3 rings (SSSR count). The van der Waals surface area contributed by atoms with Gasteiger partial charge in [-0.05, 0) is 60.7 Å². The van der Waals surface area contributed by atoms with E-state index < -0.39 is 0 Å². The highest BCUT2D eigenvalue weighted by Crippen LogP contribution is 2.21. The second kappa shape index (κ2) is 7.46. The normalized spacial score (nSPS) is 10.4. The summed E-state index contributed by atoms with van der Waals surface area (Å²) in [5, 5.41) is 2.83. The number of carbonyl (C=O) groups is 1. The number of amides is 1. The molecule has 24 heavy (non-hydrogen) atoms. The first kappa shape index (κ1) is 15.8. The number of ether oxygens (including phenoxy) is 1. The van der Waals surface area contributed by atoms with E-state index in [4.69, 9.17) is 9.15 Å². The van der Waals surface area contributed by atoms with Gasteiger partial charge < -0.3 is 14.5 Å². The lowest BCUT2D eigenvalue weighted by atomic mass is 10.2. The molecule has 0 aliphatic heterocycles. The van der Waals surface area contributed by atoms with Gasteiger partial charge in [-0.25, -0.2) is 4.39 Å². The van der Waals surface area contributed by atoms with Gasteiger partial charge in [0.25, 0.3) is 5.91 Å². The van der Waals surface area contributed by atoms with Crippen molar-refractivity contribution in [2.75, 3.05) is 6.54 Å². The predicted molar refractivity (Wildman–Crippen MR) is 87.7 cm³/mol. The Labute approximate surface area is 138 Å². The van der Waals surface area contributed by atoms with E-state index in [0.29, 0.717) is 30.0 Å². The van der Waals surface area contributed by atoms with E-state index in [1.165, 1.54) is 12.1 Å². The van der Waals surface area contributed by atoms with Crippen LogP contribution in [0.25, 0.3) is 0 Å². The van der Waals surface area contributed by atoms with Gasteiger partial charge in [-0.1, -0.05) is 0 Å². The molecular weight excluding hydrogens is 309 g/mol. The molecule has 0 aliphatic rings. The van der Waals surface area contributed by atoms with Crippen LogP contribution < -0.4 is 10.1 Å². The minimum absolute atomic E-state index is 0.158. The Balaban J connectivity index is 1.53. The summed E-state index contributed by atoms with van der Waals surface area (Å²) < 4.78 is 23.6. The Morgan fingerprint density at radius 2 is 1.67 bits per heavy atom. The van der Waals surface area contributed by atoms with E-state index in [-0.39, 0.29) is 11.7 Å². The van der Waals surface area contributed by atoms with E-state index >= 15 is 0 Å². The first-order valence-electron chi connectivity index (χ1n) is 7.55. The molecule has 0 aliphatic carbocycles. The third-order valence-corrected chi connectivity index (χ3v) is 3.40. The number of benzene rings is 2. The Hall–Kier alpha value is -3.08. The van der Waals surface area contributed by atoms with Crippen molar-refractivity contribution in [1.29, 1.82) is 0 Å². The maximum atomic E-state index is 12.9. The zero-order valence-electron chi connectivity index (χ0n) is 12.9. The van der Waals surface area contributed by atoms with Gasteiger partial charge in [0, 0.05) is 18.5 Å². The summed E-state index contributed by atoms with van der Waals surface area (Å²) in [5.41, 5.74) is 0.543. The minimum atomic E-state index is -0.316. The van der Waals surface area contributed by atoms with Crippen molar-refractivity contribution < 1.29 is 18.3 Å². The van der Waals surface area contributed by atoms with E-state index in [1.807, 2.05) is 12.1 Å². The van der Waals surface area contributed by atoms with Gasteiger partial charge in [-0.15, -0.1) is 0 Å². The van der Waals surface area contributed by atoms with Crippen molar-refractivity contribution in [3.63, 3.8) is 0 Å². The first-order valence-corrected chi connectivity index (χ1v) is 7.55. The predicted octanol–water partition coefficient (Wildman–Crippen LogP) is 4.18. The summed E-state index contributed by atoms with van der Waals surface area (Å²) in [6.45, 7) is 0.500. The number of halogens is 1. The maximum Gasteiger partial charge on any atom is 0.251 e. The van der Waals surface area contributed by atoms with Crippen molar-refractivity contribution in [3.05, 3.63) is 84.1 Å². The highest BCUT2D eigenvalue weighted by atomic mass is 19.1. The zero-order valence-corrected chi connectivity index (χ0v) is 12.9. The van der Waals surface area contributed by atoms with Gasteiger partial charge in [-0.3, -0.25) is 4.79 Å². The lowest BCUT2D eigenvalue weighted by Gasteiger charge is -2.07. The summed E-state index contributed by atoms with van der Waals surface area (Å²) in [7, 11) is 0. The third kappa shape index (κ3) is 4.23. The van der Waals surface area contributed by atoms with Gasteiger partial charge in [0.05, 0.1) is 6.26 Å². The van der Waals surface area contributed by atoms with Gasteiger partial charge in [0.1, 0.15) is 23.1 Å². The fourth-order valence-corrected chi connectivity index (χ4v) is 2.17. The summed E-state index contributed by atoms with van der Waals surface area (Å²) >= 11 is 0. The summed E-state index contributed by atoms with van der Waals surface area (Å²) in [6.07, 6.45) is 2.25. The lowest BCUT2D eigenvalue weighted by molar-refractivity contribution is 0.0953. The Kier molecular flexibility index (Phi) is 4.91. The van der Waals surface area contributed by atoms with Gasteiger partial charge >= 0.3 is 0 Å². The van der Waals surface area contributed by atoms with Crippen LogP contribution in [0.1, 0.15) is 16.1 Å². The molecular formula is C19H16FNO3. The van der Waals surface area contributed by atoms with Crippen molar-refractivity contribution in [2.45, 2.75) is 6.42 Å². The van der Waals surface area contributed by atoms with E-state index in [0.717, 1.165) is 5.76 Å². The Bertz CT molecular complexity index is 780. The molecule has 1 N–H and O–H groups in total. The molecule has 122 valence electrons. The van der Waals surface area contributed by atoms with Crippen molar-refractivity contribution in [2.24, 2.45) is 0 Å². The molecule has 0 saturated carbocycles. The van der Waals surface area contributed by atoms with E-state index in [1.54, 1.807) is 42.7 Å². The number of carbonyl (C=O) groups excluding carboxylic acids is 1. The van der Waals surface area contributed by atoms with Crippen LogP contribution in [0.2, 0.25) is 0 Å². The van der Waals surface area contributed by atoms with E-state index in [2.05, 4.69) is 5.32 Å². The summed E-state index contributed by atoms with van der Waals surface area (Å²) in [6, 6.07) is 16.2. The van der Waals surface area contributed by atoms with Crippen LogP contribution in [-0.4, -0.2) is 12.5 Å². The molecule has 0 fully saturated rings. The number of furan rings is 1. The van der Waals surface area contributed by atoms with E-state index in [9.17, 15) is 9.18 Å². The fourth-order valence-electron chi connectivity index (χ4n) is 2.17. The standard InChI is InChI=1S/C19H16FNO3/c20-15-5-9-18(10-6-15)24-17-7-3-14(4-8-17)19(22)21-12-11-16-2-1-13-23-16/h1-10,13H,11-12H2,(H,21,22). The van der Waals surface area contributed by atoms with Crippen molar-refractivity contribution in [3.8, 4) is 11.5 Å². The van der Waals surface area contributed by atoms with Crippen LogP contribution in [0.5, 0.6) is 11.5 Å². The molecule has 0 bridgehead atoms. The van der Waals surface area contributed by atoms with Gasteiger partial charge in [0.2, 0.25) is 0 Å². The van der Waals surface area contributed by atoms with Gasteiger partial charge in [0.15, 0.2) is 0 Å². The maximum absolute atomic E-state index is 12.9. The number of rotatable bonds is 6. The second-order valence-corrected chi connectivity index (χ2v) is 5.17. The molecule has 5 heteroatoms. The highest BCUT2D eigenvalue weighted by Gasteiger charge is 2.06. The van der Waals surface area contributed by atoms with Crippen molar-refractivity contribution >= 4 is 5.91 Å². The minimum Gasteiger partial charge on any atom is -0.469 e. The molecule has 0 atom stereocenters. The Morgan fingerprint density at radius 1 is 1.00 bits per heavy atom. The molecule has 1 heterocycles. The largest absolute Gasteiger partial charge is 0.469 e. The number of nitrogens with one attached hydrogen (secondary N) is 1. The molecule has 0 saturated heterocycles. The van der Waals surface area contributed by atoms with Crippen LogP contribution in [0.3, 0.4) is 0 Å². The second-order valence-electron chi connectivity index (χ2n) is 5.17. The quantitative estimate of drug-likeness (QED) is 0.739. The summed E-state index contributed by atoms with van der Waals surface area (Å²) in [5.74, 6) is 1.47. The molecule has 4 nitrogen and oxygen atoms in total. The average molecular weight is 325 g/mol. The average Bonchev–Trinajstić information content (AvgIpc) is 3.11. The first-order chi connectivity index (χ1) is 11.7. The van der Waals surface area contributed by atoms with Gasteiger partial charge in [-0.2, -0.15) is 0 Å². The molecule has 2 aromatic carbocycles. The van der Waals surface area contributed by atoms with Crippen LogP contribution >= 0.6 is 0 Å². The lowest BCUT2D eigenvalue weighted by Crippen LogP contribution is -2.25. The van der Waals surface area contributed by atoms with Crippen LogP contribution in [-0.2, 0) is 6.42 Å². The third-order valence-electron chi connectivity index (χ3n) is 3.40. The van der Waals surface area contributed by atoms with Crippen LogP contribution in [0.15, 0.2) is 71.3 Å². The van der Waals surface area contributed by atoms with Crippen molar-refractivity contribution in [1.82, 2.24) is 5.32 Å². The monoisotopic (exact) mass is 325 g/mol. The molecule has 0 spiro atoms. The molecule has 1 amide bonds. The van der Waals surface area contributed by atoms with Crippen LogP contribution in [0, 0.1) is 5.82 Å². The number of hydrogen-bond acceptors (Lipinski definition) is 3. The number of hydrogen-bond donors (Lipinski definition) is 1. The topological polar surface area (TPSA) is 51.5 Å². The molecule has 0 radical (unpaired) electrons. The molecule has 3 aromatic rings. The van der Waals surface area contributed by atoms with Crippen LogP contribution in [0.4, 0.5) is 4.39 Å². The highest BCUT2D eigenvalue weighted by molar-refractivity contribution is 5.94.